The quantitative estimate of drug-likeness (QED) is 0.426. The highest BCUT2D eigenvalue weighted by atomic mass is 16.5. The number of anilines is 2. The average Bonchev–Trinajstić information content (AvgIpc) is 2.86. The van der Waals surface area contributed by atoms with Crippen LogP contribution in [0, 0.1) is 0 Å². The van der Waals surface area contributed by atoms with Gasteiger partial charge in [-0.2, -0.15) is 0 Å². The van der Waals surface area contributed by atoms with Gasteiger partial charge in [0.2, 0.25) is 5.91 Å². The lowest BCUT2D eigenvalue weighted by atomic mass is 9.87. The Kier molecular flexibility index (Phi) is 8.01. The van der Waals surface area contributed by atoms with Crippen molar-refractivity contribution < 1.29 is 23.8 Å². The molecule has 0 spiro atoms. The summed E-state index contributed by atoms with van der Waals surface area (Å²) in [5, 5.41) is 2.92. The highest BCUT2D eigenvalue weighted by molar-refractivity contribution is 5.99. The van der Waals surface area contributed by atoms with E-state index in [9.17, 15) is 9.59 Å². The molecule has 2 amide bonds. The molecule has 0 atom stereocenters. The van der Waals surface area contributed by atoms with E-state index in [2.05, 4.69) is 38.2 Å². The van der Waals surface area contributed by atoms with E-state index in [0.717, 1.165) is 17.1 Å². The van der Waals surface area contributed by atoms with Crippen LogP contribution >= 0.6 is 0 Å². The molecule has 0 saturated heterocycles. The summed E-state index contributed by atoms with van der Waals surface area (Å²) < 4.78 is 17.0. The van der Waals surface area contributed by atoms with E-state index in [1.165, 1.54) is 5.56 Å². The number of rotatable bonds is 9. The van der Waals surface area contributed by atoms with Crippen LogP contribution in [-0.2, 0) is 21.4 Å². The standard InChI is InChI=1S/C30H34N2O5/c1-5-35-24-11-6-21(7-12-24)18-28(33)31-23-10-15-27-26(19-23)32(29(34)20-37-27)16-17-36-25-13-8-22(9-14-25)30(2,3)4/h6-15,19H,5,16-18,20H2,1-4H3,(H,31,33). The molecule has 0 fully saturated rings. The molecule has 3 aromatic carbocycles. The predicted molar refractivity (Wildman–Crippen MR) is 145 cm³/mol. The normalized spacial score (nSPS) is 13.0. The molecule has 0 aromatic heterocycles. The highest BCUT2D eigenvalue weighted by Crippen LogP contribution is 2.34. The van der Waals surface area contributed by atoms with E-state index < -0.39 is 0 Å². The Bertz CT molecular complexity index is 1230. The summed E-state index contributed by atoms with van der Waals surface area (Å²) in [7, 11) is 0. The third kappa shape index (κ3) is 6.82. The molecule has 1 heterocycles. The van der Waals surface area contributed by atoms with Crippen LogP contribution in [0.3, 0.4) is 0 Å². The molecule has 0 bridgehead atoms. The van der Waals surface area contributed by atoms with Gasteiger partial charge in [0.25, 0.3) is 5.91 Å². The Hall–Kier alpha value is -4.00. The second-order valence-corrected chi connectivity index (χ2v) is 9.94. The largest absolute Gasteiger partial charge is 0.494 e. The van der Waals surface area contributed by atoms with Gasteiger partial charge in [-0.05, 0) is 65.9 Å². The zero-order valence-electron chi connectivity index (χ0n) is 21.9. The minimum atomic E-state index is -0.156. The van der Waals surface area contributed by atoms with Crippen molar-refractivity contribution in [3.8, 4) is 17.2 Å². The number of nitrogens with one attached hydrogen (secondary N) is 1. The first kappa shape index (κ1) is 26.1. The molecule has 0 aliphatic carbocycles. The van der Waals surface area contributed by atoms with Gasteiger partial charge < -0.3 is 24.4 Å². The summed E-state index contributed by atoms with van der Waals surface area (Å²) in [5.41, 5.74) is 3.39. The van der Waals surface area contributed by atoms with Crippen LogP contribution in [0.25, 0.3) is 0 Å². The van der Waals surface area contributed by atoms with Crippen LogP contribution in [0.4, 0.5) is 11.4 Å². The van der Waals surface area contributed by atoms with Gasteiger partial charge in [-0.25, -0.2) is 0 Å². The van der Waals surface area contributed by atoms with E-state index in [1.54, 1.807) is 23.1 Å². The average molecular weight is 503 g/mol. The number of hydrogen-bond acceptors (Lipinski definition) is 5. The SMILES string of the molecule is CCOc1ccc(CC(=O)Nc2ccc3c(c2)N(CCOc2ccc(C(C)(C)C)cc2)C(=O)CO3)cc1. The van der Waals surface area contributed by atoms with Crippen LogP contribution in [0.15, 0.2) is 66.7 Å². The maximum absolute atomic E-state index is 12.7. The number of ether oxygens (including phenoxy) is 3. The Balaban J connectivity index is 1.38. The summed E-state index contributed by atoms with van der Waals surface area (Å²) in [6.45, 7) is 9.69. The minimum absolute atomic E-state index is 0.0310. The van der Waals surface area contributed by atoms with Gasteiger partial charge in [-0.1, -0.05) is 45.0 Å². The van der Waals surface area contributed by atoms with Crippen LogP contribution in [-0.4, -0.2) is 38.2 Å². The fraction of sp³-hybridized carbons (Fsp3) is 0.333. The topological polar surface area (TPSA) is 77.1 Å². The van der Waals surface area contributed by atoms with Gasteiger partial charge in [-0.15, -0.1) is 0 Å². The highest BCUT2D eigenvalue weighted by Gasteiger charge is 2.26. The lowest BCUT2D eigenvalue weighted by molar-refractivity contribution is -0.121. The molecule has 0 unspecified atom stereocenters. The Morgan fingerprint density at radius 1 is 0.973 bits per heavy atom. The zero-order valence-corrected chi connectivity index (χ0v) is 21.9. The van der Waals surface area contributed by atoms with Crippen molar-refractivity contribution in [2.24, 2.45) is 0 Å². The van der Waals surface area contributed by atoms with Crippen molar-refractivity contribution in [3.63, 3.8) is 0 Å². The Morgan fingerprint density at radius 3 is 2.32 bits per heavy atom. The smallest absolute Gasteiger partial charge is 0.265 e. The van der Waals surface area contributed by atoms with E-state index in [4.69, 9.17) is 14.2 Å². The second-order valence-electron chi connectivity index (χ2n) is 9.94. The number of fused-ring (bicyclic) bond motifs is 1. The molecule has 37 heavy (non-hydrogen) atoms. The van der Waals surface area contributed by atoms with Crippen LogP contribution in [0.2, 0.25) is 0 Å². The second kappa shape index (κ2) is 11.4. The first-order valence-electron chi connectivity index (χ1n) is 12.5. The summed E-state index contributed by atoms with van der Waals surface area (Å²) >= 11 is 0. The van der Waals surface area contributed by atoms with Crippen LogP contribution < -0.4 is 24.4 Å². The summed E-state index contributed by atoms with van der Waals surface area (Å²) in [4.78, 5) is 26.9. The van der Waals surface area contributed by atoms with Crippen molar-refractivity contribution in [2.45, 2.75) is 39.5 Å². The van der Waals surface area contributed by atoms with E-state index in [1.807, 2.05) is 43.3 Å². The third-order valence-electron chi connectivity index (χ3n) is 6.09. The van der Waals surface area contributed by atoms with Gasteiger partial charge in [0.05, 0.1) is 25.3 Å². The third-order valence-corrected chi connectivity index (χ3v) is 6.09. The van der Waals surface area contributed by atoms with E-state index in [0.29, 0.717) is 36.9 Å². The molecule has 194 valence electrons. The lowest BCUT2D eigenvalue weighted by Gasteiger charge is -2.29. The lowest BCUT2D eigenvalue weighted by Crippen LogP contribution is -2.41. The van der Waals surface area contributed by atoms with Crippen LogP contribution in [0.5, 0.6) is 17.2 Å². The summed E-state index contributed by atoms with van der Waals surface area (Å²) in [5.74, 6) is 1.82. The Morgan fingerprint density at radius 2 is 1.65 bits per heavy atom. The van der Waals surface area contributed by atoms with Crippen molar-refractivity contribution in [1.82, 2.24) is 0 Å². The van der Waals surface area contributed by atoms with Crippen molar-refractivity contribution in [2.75, 3.05) is 36.6 Å². The van der Waals surface area contributed by atoms with Crippen molar-refractivity contribution in [1.29, 1.82) is 0 Å². The maximum Gasteiger partial charge on any atom is 0.265 e. The molecule has 0 radical (unpaired) electrons. The van der Waals surface area contributed by atoms with Gasteiger partial charge >= 0.3 is 0 Å². The Labute approximate surface area is 218 Å². The van der Waals surface area contributed by atoms with Gasteiger partial charge in [0.15, 0.2) is 6.61 Å². The first-order valence-corrected chi connectivity index (χ1v) is 12.5. The number of carbonyl (C=O) groups is 2. The summed E-state index contributed by atoms with van der Waals surface area (Å²) in [6, 6.07) is 20.8. The molecule has 1 aliphatic heterocycles. The zero-order chi connectivity index (χ0) is 26.4. The molecule has 7 nitrogen and oxygen atoms in total. The number of carbonyl (C=O) groups excluding carboxylic acids is 2. The number of nitrogens with zero attached hydrogens (tertiary/aromatic N) is 1. The minimum Gasteiger partial charge on any atom is -0.494 e. The first-order chi connectivity index (χ1) is 17.7. The maximum atomic E-state index is 12.7. The number of amides is 2. The number of benzene rings is 3. The molecule has 1 N–H and O–H groups in total. The van der Waals surface area contributed by atoms with Gasteiger partial charge in [-0.3, -0.25) is 9.59 Å². The fourth-order valence-corrected chi connectivity index (χ4v) is 4.09. The monoisotopic (exact) mass is 502 g/mol. The fourth-order valence-electron chi connectivity index (χ4n) is 4.09. The molecule has 3 aromatic rings. The van der Waals surface area contributed by atoms with E-state index >= 15 is 0 Å². The van der Waals surface area contributed by atoms with Crippen LogP contribution in [0.1, 0.15) is 38.8 Å². The summed E-state index contributed by atoms with van der Waals surface area (Å²) in [6.07, 6.45) is 0.227. The van der Waals surface area contributed by atoms with E-state index in [-0.39, 0.29) is 30.3 Å². The van der Waals surface area contributed by atoms with Gasteiger partial charge in [0, 0.05) is 5.69 Å². The molecule has 4 rings (SSSR count). The van der Waals surface area contributed by atoms with Crippen molar-refractivity contribution >= 4 is 23.2 Å². The molecular weight excluding hydrogens is 468 g/mol. The van der Waals surface area contributed by atoms with Gasteiger partial charge in [0.1, 0.15) is 23.9 Å². The van der Waals surface area contributed by atoms with Crippen molar-refractivity contribution in [3.05, 3.63) is 77.9 Å². The molecule has 1 aliphatic rings. The number of hydrogen-bond donors (Lipinski definition) is 1. The predicted octanol–water partition coefficient (Wildman–Crippen LogP) is 5.37. The molecule has 7 heteroatoms. The molecule has 0 saturated carbocycles. The molecular formula is C30H34N2O5.